The maximum Gasteiger partial charge on any atom is 0.407 e. The number of aliphatic hydroxyl groups is 1. The molecule has 0 heterocycles. The minimum Gasteiger partial charge on any atom is -0.497 e. The highest BCUT2D eigenvalue weighted by Crippen LogP contribution is 2.16. The lowest BCUT2D eigenvalue weighted by atomic mass is 10.0. The first-order chi connectivity index (χ1) is 16.6. The van der Waals surface area contributed by atoms with Crippen LogP contribution in [0.1, 0.15) is 31.9 Å². The van der Waals surface area contributed by atoms with Gasteiger partial charge in [0.1, 0.15) is 11.4 Å². The molecule has 35 heavy (non-hydrogen) atoms. The molecule has 0 fully saturated rings. The number of methoxy groups -OCH3 is 1. The highest BCUT2D eigenvalue weighted by molar-refractivity contribution is 5.68. The largest absolute Gasteiger partial charge is 0.497 e. The normalized spacial score (nSPS) is 13.1. The minimum atomic E-state index is -1.03. The van der Waals surface area contributed by atoms with E-state index in [0.717, 1.165) is 11.1 Å². The highest BCUT2D eigenvalue weighted by Gasteiger charge is 2.26. The van der Waals surface area contributed by atoms with Gasteiger partial charge < -0.3 is 24.8 Å². The topological polar surface area (TPSA) is 99.2 Å². The number of hydrogen-bond acceptors (Lipinski definition) is 6. The number of carbonyl (C=O) groups excluding carboxylic acids is 1. The van der Waals surface area contributed by atoms with Crippen molar-refractivity contribution in [1.29, 1.82) is 5.26 Å². The number of nitrogens with zero attached hydrogens (tertiary/aromatic N) is 3. The van der Waals surface area contributed by atoms with Crippen LogP contribution in [0.2, 0.25) is 0 Å². The number of aliphatic hydroxyl groups excluding tert-OH is 1. The van der Waals surface area contributed by atoms with Crippen molar-refractivity contribution in [3.05, 3.63) is 89.0 Å². The van der Waals surface area contributed by atoms with Crippen LogP contribution in [-0.4, -0.2) is 47.5 Å². The Hall–Kier alpha value is -4.01. The van der Waals surface area contributed by atoms with Gasteiger partial charge in [-0.2, -0.15) is 0 Å². The highest BCUT2D eigenvalue weighted by atomic mass is 16.6. The van der Waals surface area contributed by atoms with Gasteiger partial charge in [-0.15, -0.1) is 0 Å². The molecule has 0 saturated carbocycles. The molecule has 2 aromatic carbocycles. The van der Waals surface area contributed by atoms with Gasteiger partial charge in [0.05, 0.1) is 31.9 Å². The Morgan fingerprint density at radius 2 is 1.86 bits per heavy atom. The summed E-state index contributed by atoms with van der Waals surface area (Å²) in [5.74, 6) is 0.708. The molecular formula is C27H32N4O4. The van der Waals surface area contributed by atoms with Crippen LogP contribution in [0.15, 0.2) is 66.5 Å². The Balaban J connectivity index is 2.26. The van der Waals surface area contributed by atoms with E-state index in [4.69, 9.17) is 16.0 Å². The maximum absolute atomic E-state index is 12.5. The van der Waals surface area contributed by atoms with E-state index in [0.29, 0.717) is 18.7 Å². The summed E-state index contributed by atoms with van der Waals surface area (Å²) >= 11 is 0. The molecule has 0 spiro atoms. The molecule has 0 aliphatic heterocycles. The van der Waals surface area contributed by atoms with E-state index in [2.05, 4.69) is 10.2 Å². The fourth-order valence-electron chi connectivity index (χ4n) is 3.36. The molecule has 2 rings (SSSR count). The average Bonchev–Trinajstić information content (AvgIpc) is 2.82. The van der Waals surface area contributed by atoms with E-state index >= 15 is 0 Å². The summed E-state index contributed by atoms with van der Waals surface area (Å²) in [5.41, 5.74) is 1.04. The first-order valence-electron chi connectivity index (χ1n) is 11.2. The molecule has 2 aromatic rings. The fourth-order valence-corrected chi connectivity index (χ4v) is 3.36. The zero-order chi connectivity index (χ0) is 25.8. The molecule has 0 saturated heterocycles. The molecule has 0 aliphatic rings. The van der Waals surface area contributed by atoms with Crippen LogP contribution in [0.5, 0.6) is 5.75 Å². The van der Waals surface area contributed by atoms with Gasteiger partial charge in [0, 0.05) is 19.3 Å². The lowest BCUT2D eigenvalue weighted by Crippen LogP contribution is -2.50. The minimum absolute atomic E-state index is 0.0695. The van der Waals surface area contributed by atoms with E-state index in [9.17, 15) is 15.2 Å². The van der Waals surface area contributed by atoms with Crippen LogP contribution < -0.4 is 10.1 Å². The Morgan fingerprint density at radius 3 is 2.40 bits per heavy atom. The van der Waals surface area contributed by atoms with Crippen LogP contribution in [0.4, 0.5) is 4.79 Å². The van der Waals surface area contributed by atoms with E-state index in [-0.39, 0.29) is 12.2 Å². The molecule has 2 N–H and O–H groups in total. The van der Waals surface area contributed by atoms with Gasteiger partial charge >= 0.3 is 6.09 Å². The number of alkyl carbamates (subject to hydrolysis) is 1. The third-order valence-electron chi connectivity index (χ3n) is 4.97. The number of nitriles is 1. The number of rotatable bonds is 10. The molecular weight excluding hydrogens is 444 g/mol. The molecule has 2 atom stereocenters. The Bertz CT molecular complexity index is 1050. The van der Waals surface area contributed by atoms with Gasteiger partial charge in [-0.3, -0.25) is 0 Å². The summed E-state index contributed by atoms with van der Waals surface area (Å²) in [7, 11) is 1.58. The number of amides is 1. The van der Waals surface area contributed by atoms with Crippen molar-refractivity contribution in [2.75, 3.05) is 13.7 Å². The van der Waals surface area contributed by atoms with Crippen LogP contribution >= 0.6 is 0 Å². The van der Waals surface area contributed by atoms with E-state index in [1.807, 2.05) is 60.7 Å². The molecule has 0 bridgehead atoms. The van der Waals surface area contributed by atoms with Crippen molar-refractivity contribution in [1.82, 2.24) is 10.2 Å². The third-order valence-corrected chi connectivity index (χ3v) is 4.97. The Morgan fingerprint density at radius 1 is 1.20 bits per heavy atom. The zero-order valence-electron chi connectivity index (χ0n) is 20.6. The van der Waals surface area contributed by atoms with Crippen LogP contribution in [0, 0.1) is 17.9 Å². The number of benzene rings is 2. The van der Waals surface area contributed by atoms with Crippen LogP contribution in [-0.2, 0) is 17.7 Å². The van der Waals surface area contributed by atoms with Gasteiger partial charge in [0.25, 0.3) is 5.70 Å². The molecule has 8 nitrogen and oxygen atoms in total. The standard InChI is InChI=1S/C27H32N4O4/c1-27(2,3)35-26(33)30-24(15-20-9-7-6-8-10-20)25(32)19-31(18-22(16-28)29-4)17-21-11-13-23(34-5)14-12-21/h6-14,18,24-25,32H,15,17,19H2,1-3,5H3,(H,30,33)/b22-18-. The van der Waals surface area contributed by atoms with Gasteiger partial charge in [0.2, 0.25) is 0 Å². The fraction of sp³-hybridized carbons (Fsp3) is 0.370. The van der Waals surface area contributed by atoms with Gasteiger partial charge in [-0.05, 0) is 50.5 Å². The maximum atomic E-state index is 12.5. The lowest BCUT2D eigenvalue weighted by Gasteiger charge is -2.30. The predicted octanol–water partition coefficient (Wildman–Crippen LogP) is 4.28. The summed E-state index contributed by atoms with van der Waals surface area (Å²) in [6.45, 7) is 12.9. The van der Waals surface area contributed by atoms with Crippen molar-refractivity contribution in [2.24, 2.45) is 0 Å². The number of ether oxygens (including phenoxy) is 2. The summed E-state index contributed by atoms with van der Waals surface area (Å²) < 4.78 is 10.6. The molecule has 0 aliphatic carbocycles. The quantitative estimate of drug-likeness (QED) is 0.392. The molecule has 0 aromatic heterocycles. The van der Waals surface area contributed by atoms with Crippen molar-refractivity contribution in [3.8, 4) is 11.8 Å². The number of hydrogen-bond donors (Lipinski definition) is 2. The molecule has 2 unspecified atom stereocenters. The zero-order valence-corrected chi connectivity index (χ0v) is 20.6. The monoisotopic (exact) mass is 476 g/mol. The third kappa shape index (κ3) is 9.79. The van der Waals surface area contributed by atoms with Crippen molar-refractivity contribution >= 4 is 6.09 Å². The lowest BCUT2D eigenvalue weighted by molar-refractivity contribution is 0.0387. The second-order valence-corrected chi connectivity index (χ2v) is 9.03. The molecule has 0 radical (unpaired) electrons. The van der Waals surface area contributed by atoms with E-state index < -0.39 is 23.8 Å². The van der Waals surface area contributed by atoms with E-state index in [1.54, 1.807) is 32.8 Å². The van der Waals surface area contributed by atoms with Crippen LogP contribution in [0.3, 0.4) is 0 Å². The molecule has 8 heteroatoms. The van der Waals surface area contributed by atoms with E-state index in [1.165, 1.54) is 6.20 Å². The van der Waals surface area contributed by atoms with Gasteiger partial charge in [0.15, 0.2) is 0 Å². The van der Waals surface area contributed by atoms with Gasteiger partial charge in [-0.1, -0.05) is 42.5 Å². The molecule has 184 valence electrons. The summed E-state index contributed by atoms with van der Waals surface area (Å²) in [5, 5.41) is 23.2. The van der Waals surface area contributed by atoms with Crippen LogP contribution in [0.25, 0.3) is 4.85 Å². The SMILES string of the molecule is [C-]#[N+]/C(C#N)=C\N(Cc1ccc(OC)cc1)CC(O)C(Cc1ccccc1)NC(=O)OC(C)(C)C. The van der Waals surface area contributed by atoms with Crippen molar-refractivity contribution in [3.63, 3.8) is 0 Å². The van der Waals surface area contributed by atoms with Crippen molar-refractivity contribution in [2.45, 2.75) is 51.5 Å². The number of carbonyl (C=O) groups is 1. The second-order valence-electron chi connectivity index (χ2n) is 9.03. The first kappa shape index (κ1) is 27.2. The summed E-state index contributed by atoms with van der Waals surface area (Å²) in [6, 6.07) is 18.1. The Labute approximate surface area is 207 Å². The van der Waals surface area contributed by atoms with Crippen molar-refractivity contribution < 1.29 is 19.4 Å². The average molecular weight is 477 g/mol. The number of nitrogens with one attached hydrogen (secondary N) is 1. The summed E-state index contributed by atoms with van der Waals surface area (Å²) in [6.07, 6.45) is 0.138. The smallest absolute Gasteiger partial charge is 0.407 e. The second kappa shape index (κ2) is 13.0. The first-order valence-corrected chi connectivity index (χ1v) is 11.2. The number of allylic oxidation sites excluding steroid dienone is 1. The summed E-state index contributed by atoms with van der Waals surface area (Å²) in [4.78, 5) is 17.4. The predicted molar refractivity (Wildman–Crippen MR) is 133 cm³/mol. The van der Waals surface area contributed by atoms with Gasteiger partial charge in [-0.25, -0.2) is 14.9 Å². The molecule has 1 amide bonds. The Kier molecular flexibility index (Phi) is 10.1.